The van der Waals surface area contributed by atoms with Crippen LogP contribution in [0.2, 0.25) is 10.0 Å². The number of hydrogen-bond acceptors (Lipinski definition) is 3. The largest absolute Gasteiger partial charge is 0.397 e. The molecule has 1 aromatic carbocycles. The van der Waals surface area contributed by atoms with Crippen LogP contribution in [0.3, 0.4) is 0 Å². The molecule has 1 aromatic rings. The number of carbonyl (C=O) groups excluding carboxylic acids is 1. The van der Waals surface area contributed by atoms with Crippen molar-refractivity contribution in [3.05, 3.63) is 27.7 Å². The van der Waals surface area contributed by atoms with E-state index in [1.165, 1.54) is 12.1 Å². The summed E-state index contributed by atoms with van der Waals surface area (Å²) in [5, 5.41) is 3.36. The molecule has 0 aromatic heterocycles. The zero-order valence-corrected chi connectivity index (χ0v) is 13.2. The number of unbranched alkanes of at least 4 members (excludes halogenated alkanes) is 1. The summed E-state index contributed by atoms with van der Waals surface area (Å²) in [5.74, 6) is -0.208. The van der Waals surface area contributed by atoms with Crippen molar-refractivity contribution in [3.63, 3.8) is 0 Å². The molecule has 6 heteroatoms. The highest BCUT2D eigenvalue weighted by molar-refractivity contribution is 6.43. The second-order valence-corrected chi connectivity index (χ2v) is 5.53. The first-order chi connectivity index (χ1) is 9.41. The zero-order chi connectivity index (χ0) is 15.1. The van der Waals surface area contributed by atoms with E-state index in [2.05, 4.69) is 5.32 Å². The van der Waals surface area contributed by atoms with Gasteiger partial charge in [-0.15, -0.1) is 0 Å². The molecule has 1 amide bonds. The Balaban J connectivity index is 2.36. The van der Waals surface area contributed by atoms with Gasteiger partial charge in [0.1, 0.15) is 0 Å². The van der Waals surface area contributed by atoms with Gasteiger partial charge in [0.25, 0.3) is 5.91 Å². The lowest BCUT2D eigenvalue weighted by atomic mass is 10.2. The number of halogens is 2. The Kier molecular flexibility index (Phi) is 7.13. The molecule has 4 nitrogen and oxygen atoms in total. The van der Waals surface area contributed by atoms with Gasteiger partial charge in [-0.05, 0) is 38.8 Å². The number of rotatable bonds is 7. The fourth-order valence-electron chi connectivity index (χ4n) is 1.59. The Morgan fingerprint density at radius 1 is 1.35 bits per heavy atom. The number of carbonyl (C=O) groups is 1. The van der Waals surface area contributed by atoms with Gasteiger partial charge >= 0.3 is 0 Å². The third kappa shape index (κ3) is 5.57. The second kappa shape index (κ2) is 8.35. The highest BCUT2D eigenvalue weighted by Gasteiger charge is 2.10. The summed E-state index contributed by atoms with van der Waals surface area (Å²) in [6, 6.07) is 3.03. The van der Waals surface area contributed by atoms with E-state index in [0.29, 0.717) is 24.4 Å². The van der Waals surface area contributed by atoms with Crippen LogP contribution in [-0.4, -0.2) is 25.2 Å². The number of amides is 1. The molecule has 0 bridgehead atoms. The predicted octanol–water partition coefficient (Wildman–Crippen LogP) is 3.51. The van der Waals surface area contributed by atoms with Crippen molar-refractivity contribution in [2.24, 2.45) is 0 Å². The van der Waals surface area contributed by atoms with Gasteiger partial charge in [-0.25, -0.2) is 0 Å². The molecular weight excluding hydrogens is 299 g/mol. The van der Waals surface area contributed by atoms with Crippen LogP contribution < -0.4 is 11.1 Å². The topological polar surface area (TPSA) is 64.3 Å². The number of hydrogen-bond donors (Lipinski definition) is 2. The number of nitrogen functional groups attached to an aromatic ring is 1. The van der Waals surface area contributed by atoms with Gasteiger partial charge in [0.15, 0.2) is 0 Å². The van der Waals surface area contributed by atoms with Crippen molar-refractivity contribution < 1.29 is 9.53 Å². The van der Waals surface area contributed by atoms with Crippen molar-refractivity contribution >= 4 is 34.8 Å². The maximum atomic E-state index is 11.9. The minimum Gasteiger partial charge on any atom is -0.397 e. The van der Waals surface area contributed by atoms with E-state index in [9.17, 15) is 4.79 Å². The summed E-state index contributed by atoms with van der Waals surface area (Å²) >= 11 is 11.7. The molecule has 20 heavy (non-hydrogen) atoms. The molecule has 0 spiro atoms. The van der Waals surface area contributed by atoms with Crippen LogP contribution in [0.25, 0.3) is 0 Å². The Morgan fingerprint density at radius 3 is 2.65 bits per heavy atom. The van der Waals surface area contributed by atoms with Gasteiger partial charge in [-0.2, -0.15) is 0 Å². The molecule has 0 saturated carbocycles. The standard InChI is InChI=1S/C14H20Cl2N2O2/c1-9(2)20-6-4-3-5-18-14(19)10-7-11(15)13(16)12(17)8-10/h7-9H,3-6,17H2,1-2H3,(H,18,19). The minimum atomic E-state index is -0.208. The predicted molar refractivity (Wildman–Crippen MR) is 83.5 cm³/mol. The van der Waals surface area contributed by atoms with Gasteiger partial charge in [0.05, 0.1) is 21.8 Å². The molecule has 0 unspecified atom stereocenters. The average Bonchev–Trinajstić information content (AvgIpc) is 2.38. The van der Waals surface area contributed by atoms with Gasteiger partial charge in [0.2, 0.25) is 0 Å². The lowest BCUT2D eigenvalue weighted by Gasteiger charge is -2.09. The van der Waals surface area contributed by atoms with Crippen LogP contribution in [0.4, 0.5) is 5.69 Å². The summed E-state index contributed by atoms with van der Waals surface area (Å²) in [6.45, 7) is 5.28. The van der Waals surface area contributed by atoms with Crippen LogP contribution in [0.1, 0.15) is 37.0 Å². The van der Waals surface area contributed by atoms with Crippen LogP contribution in [0.15, 0.2) is 12.1 Å². The van der Waals surface area contributed by atoms with Crippen molar-refractivity contribution in [3.8, 4) is 0 Å². The molecule has 3 N–H and O–H groups in total. The SMILES string of the molecule is CC(C)OCCCCNC(=O)c1cc(N)c(Cl)c(Cl)c1. The maximum absolute atomic E-state index is 11.9. The molecule has 0 fully saturated rings. The van der Waals surface area contributed by atoms with Gasteiger partial charge in [-0.3, -0.25) is 4.79 Å². The molecule has 0 aliphatic rings. The van der Waals surface area contributed by atoms with E-state index >= 15 is 0 Å². The van der Waals surface area contributed by atoms with E-state index in [0.717, 1.165) is 12.8 Å². The summed E-state index contributed by atoms with van der Waals surface area (Å²) < 4.78 is 5.42. The average molecular weight is 319 g/mol. The van der Waals surface area contributed by atoms with Crippen LogP contribution in [0.5, 0.6) is 0 Å². The third-order valence-electron chi connectivity index (χ3n) is 2.63. The van der Waals surface area contributed by atoms with Crippen molar-refractivity contribution in [2.45, 2.75) is 32.8 Å². The Hall–Kier alpha value is -0.970. The van der Waals surface area contributed by atoms with Crippen molar-refractivity contribution in [1.29, 1.82) is 0 Å². The summed E-state index contributed by atoms with van der Waals surface area (Å²) in [7, 11) is 0. The van der Waals surface area contributed by atoms with Gasteiger partial charge in [-0.1, -0.05) is 23.2 Å². The zero-order valence-electron chi connectivity index (χ0n) is 11.7. The third-order valence-corrected chi connectivity index (χ3v) is 3.44. The number of nitrogens with two attached hydrogens (primary N) is 1. The Labute approximate surface area is 129 Å². The molecule has 0 radical (unpaired) electrons. The quantitative estimate of drug-likeness (QED) is 0.597. The molecule has 0 aliphatic heterocycles. The van der Waals surface area contributed by atoms with Crippen LogP contribution >= 0.6 is 23.2 Å². The van der Waals surface area contributed by atoms with E-state index in [1.807, 2.05) is 13.8 Å². The number of ether oxygens (including phenoxy) is 1. The second-order valence-electron chi connectivity index (χ2n) is 4.74. The molecule has 112 valence electrons. The maximum Gasteiger partial charge on any atom is 0.251 e. The molecule has 0 saturated heterocycles. The first kappa shape index (κ1) is 17.1. The fourth-order valence-corrected chi connectivity index (χ4v) is 1.93. The molecule has 0 heterocycles. The van der Waals surface area contributed by atoms with E-state index in [1.54, 1.807) is 0 Å². The van der Waals surface area contributed by atoms with Crippen molar-refractivity contribution in [1.82, 2.24) is 5.32 Å². The number of benzene rings is 1. The normalized spacial score (nSPS) is 10.8. The highest BCUT2D eigenvalue weighted by Crippen LogP contribution is 2.29. The van der Waals surface area contributed by atoms with Crippen molar-refractivity contribution in [2.75, 3.05) is 18.9 Å². The molecule has 0 atom stereocenters. The van der Waals surface area contributed by atoms with E-state index in [4.69, 9.17) is 33.7 Å². The van der Waals surface area contributed by atoms with Crippen LogP contribution in [-0.2, 0) is 4.74 Å². The van der Waals surface area contributed by atoms with Gasteiger partial charge in [0, 0.05) is 18.7 Å². The Bertz CT molecular complexity index is 441. The molecule has 1 rings (SSSR count). The summed E-state index contributed by atoms with van der Waals surface area (Å²) in [6.07, 6.45) is 2.00. The summed E-state index contributed by atoms with van der Waals surface area (Å²) in [4.78, 5) is 11.9. The molecule has 0 aliphatic carbocycles. The number of anilines is 1. The van der Waals surface area contributed by atoms with Gasteiger partial charge < -0.3 is 15.8 Å². The highest BCUT2D eigenvalue weighted by atomic mass is 35.5. The smallest absolute Gasteiger partial charge is 0.251 e. The van der Waals surface area contributed by atoms with Crippen LogP contribution in [0, 0.1) is 0 Å². The monoisotopic (exact) mass is 318 g/mol. The summed E-state index contributed by atoms with van der Waals surface area (Å²) in [5.41, 5.74) is 6.38. The fraction of sp³-hybridized carbons (Fsp3) is 0.500. The van der Waals surface area contributed by atoms with E-state index in [-0.39, 0.29) is 22.1 Å². The first-order valence-corrected chi connectivity index (χ1v) is 7.31. The Morgan fingerprint density at radius 2 is 2.05 bits per heavy atom. The number of nitrogens with one attached hydrogen (secondary N) is 1. The minimum absolute atomic E-state index is 0.208. The lowest BCUT2D eigenvalue weighted by molar-refractivity contribution is 0.0754. The first-order valence-electron chi connectivity index (χ1n) is 6.56. The lowest BCUT2D eigenvalue weighted by Crippen LogP contribution is -2.24. The van der Waals surface area contributed by atoms with E-state index < -0.39 is 0 Å². The molecular formula is C14H20Cl2N2O2.